The highest BCUT2D eigenvalue weighted by atomic mass is 35.5. The van der Waals surface area contributed by atoms with Crippen molar-refractivity contribution in [3.8, 4) is 0 Å². The van der Waals surface area contributed by atoms with E-state index in [-0.39, 0.29) is 30.6 Å². The fraction of sp³-hybridized carbons (Fsp3) is 0.364. The molecule has 0 fully saturated rings. The molecule has 2 aromatic carbocycles. The average Bonchev–Trinajstić information content (AvgIpc) is 2.68. The van der Waals surface area contributed by atoms with E-state index in [0.29, 0.717) is 28.1 Å². The third-order valence-electron chi connectivity index (χ3n) is 4.46. The molecule has 156 valence electrons. The van der Waals surface area contributed by atoms with Gasteiger partial charge in [0.1, 0.15) is 11.9 Å². The minimum absolute atomic E-state index is 0.0589. The zero-order chi connectivity index (χ0) is 21.6. The third kappa shape index (κ3) is 7.02. The number of carbonyl (C=O) groups excluding carboxylic acids is 2. The van der Waals surface area contributed by atoms with Crippen molar-refractivity contribution >= 4 is 35.0 Å². The molecule has 29 heavy (non-hydrogen) atoms. The van der Waals surface area contributed by atoms with Crippen LogP contribution in [0.15, 0.2) is 42.5 Å². The van der Waals surface area contributed by atoms with Crippen LogP contribution in [0, 0.1) is 11.7 Å². The minimum atomic E-state index is -0.684. The highest BCUT2D eigenvalue weighted by molar-refractivity contribution is 6.42. The summed E-state index contributed by atoms with van der Waals surface area (Å²) in [6.07, 6.45) is 0.0589. The van der Waals surface area contributed by atoms with Gasteiger partial charge in [-0.2, -0.15) is 0 Å². The first-order chi connectivity index (χ1) is 13.7. The lowest BCUT2D eigenvalue weighted by Crippen LogP contribution is -2.48. The number of benzene rings is 2. The van der Waals surface area contributed by atoms with E-state index in [1.54, 1.807) is 37.3 Å². The molecule has 0 aliphatic rings. The second-order valence-corrected chi connectivity index (χ2v) is 8.20. The highest BCUT2D eigenvalue weighted by Crippen LogP contribution is 2.24. The van der Waals surface area contributed by atoms with Gasteiger partial charge in [-0.25, -0.2) is 4.39 Å². The largest absolute Gasteiger partial charge is 0.354 e. The number of carbonyl (C=O) groups is 2. The summed E-state index contributed by atoms with van der Waals surface area (Å²) in [5, 5.41) is 3.67. The van der Waals surface area contributed by atoms with Gasteiger partial charge in [0.05, 0.1) is 16.5 Å². The van der Waals surface area contributed by atoms with Crippen molar-refractivity contribution in [2.75, 3.05) is 6.54 Å². The van der Waals surface area contributed by atoms with E-state index in [0.717, 1.165) is 5.56 Å². The van der Waals surface area contributed by atoms with E-state index < -0.39 is 6.04 Å². The van der Waals surface area contributed by atoms with Crippen LogP contribution in [0.3, 0.4) is 0 Å². The summed E-state index contributed by atoms with van der Waals surface area (Å²) >= 11 is 12.1. The number of rotatable bonds is 8. The van der Waals surface area contributed by atoms with Crippen LogP contribution in [0.2, 0.25) is 10.0 Å². The minimum Gasteiger partial charge on any atom is -0.354 e. The first-order valence-corrected chi connectivity index (χ1v) is 10.2. The Balaban J connectivity index is 2.22. The molecule has 2 amide bonds. The molecule has 4 nitrogen and oxygen atoms in total. The Labute approximate surface area is 181 Å². The summed E-state index contributed by atoms with van der Waals surface area (Å²) in [7, 11) is 0. The van der Waals surface area contributed by atoms with Crippen molar-refractivity contribution in [2.45, 2.75) is 39.8 Å². The number of nitrogens with one attached hydrogen (secondary N) is 1. The summed E-state index contributed by atoms with van der Waals surface area (Å²) < 4.78 is 13.2. The lowest BCUT2D eigenvalue weighted by atomic mass is 10.1. The van der Waals surface area contributed by atoms with Gasteiger partial charge in [-0.15, -0.1) is 0 Å². The molecule has 0 aromatic heterocycles. The molecule has 0 bridgehead atoms. The molecule has 0 saturated carbocycles. The first-order valence-electron chi connectivity index (χ1n) is 9.43. The van der Waals surface area contributed by atoms with Crippen LogP contribution in [0.1, 0.15) is 31.9 Å². The Bertz CT molecular complexity index is 856. The summed E-state index contributed by atoms with van der Waals surface area (Å²) in [6, 6.07) is 10.2. The SMILES string of the molecule is CC(C)CNC(=O)C(C)N(Cc1ccc(Cl)c(Cl)c1)C(=O)Cc1ccc(F)cc1. The lowest BCUT2D eigenvalue weighted by Gasteiger charge is -2.29. The zero-order valence-electron chi connectivity index (χ0n) is 16.7. The van der Waals surface area contributed by atoms with Gasteiger partial charge in [0.25, 0.3) is 0 Å². The molecule has 1 N–H and O–H groups in total. The van der Waals surface area contributed by atoms with E-state index >= 15 is 0 Å². The van der Waals surface area contributed by atoms with Gasteiger partial charge in [-0.3, -0.25) is 9.59 Å². The van der Waals surface area contributed by atoms with Gasteiger partial charge in [-0.05, 0) is 48.2 Å². The molecule has 2 aromatic rings. The summed E-state index contributed by atoms with van der Waals surface area (Å²) in [5.41, 5.74) is 1.43. The van der Waals surface area contributed by atoms with E-state index in [4.69, 9.17) is 23.2 Å². The zero-order valence-corrected chi connectivity index (χ0v) is 18.2. The number of amides is 2. The van der Waals surface area contributed by atoms with Crippen molar-refractivity contribution in [3.63, 3.8) is 0 Å². The predicted octanol–water partition coefficient (Wildman–Crippen LogP) is 4.86. The molecule has 0 radical (unpaired) electrons. The van der Waals surface area contributed by atoms with Gasteiger partial charge >= 0.3 is 0 Å². The molecular formula is C22H25Cl2FN2O2. The molecule has 0 aliphatic carbocycles. The van der Waals surface area contributed by atoms with Gasteiger partial charge in [-0.1, -0.05) is 55.2 Å². The Morgan fingerprint density at radius 2 is 1.62 bits per heavy atom. The fourth-order valence-electron chi connectivity index (χ4n) is 2.75. The van der Waals surface area contributed by atoms with Crippen molar-refractivity contribution in [2.24, 2.45) is 5.92 Å². The number of hydrogen-bond donors (Lipinski definition) is 1. The topological polar surface area (TPSA) is 49.4 Å². The van der Waals surface area contributed by atoms with Crippen molar-refractivity contribution in [3.05, 3.63) is 69.5 Å². The van der Waals surface area contributed by atoms with E-state index in [1.165, 1.54) is 17.0 Å². The quantitative estimate of drug-likeness (QED) is 0.639. The maximum absolute atomic E-state index is 13.2. The van der Waals surface area contributed by atoms with Gasteiger partial charge in [0, 0.05) is 13.1 Å². The van der Waals surface area contributed by atoms with E-state index in [9.17, 15) is 14.0 Å². The second-order valence-electron chi connectivity index (χ2n) is 7.39. The number of nitrogens with zero attached hydrogens (tertiary/aromatic N) is 1. The van der Waals surface area contributed by atoms with E-state index in [1.807, 2.05) is 13.8 Å². The molecule has 7 heteroatoms. The lowest BCUT2D eigenvalue weighted by molar-refractivity contribution is -0.140. The third-order valence-corrected chi connectivity index (χ3v) is 5.20. The van der Waals surface area contributed by atoms with Crippen LogP contribution in [0.4, 0.5) is 4.39 Å². The Morgan fingerprint density at radius 3 is 2.21 bits per heavy atom. The summed E-state index contributed by atoms with van der Waals surface area (Å²) in [5.74, 6) is -0.541. The van der Waals surface area contributed by atoms with Crippen LogP contribution >= 0.6 is 23.2 Å². The molecule has 0 saturated heterocycles. The van der Waals surface area contributed by atoms with Gasteiger partial charge in [0.2, 0.25) is 11.8 Å². The summed E-state index contributed by atoms with van der Waals surface area (Å²) in [4.78, 5) is 27.1. The van der Waals surface area contributed by atoms with Crippen LogP contribution < -0.4 is 5.32 Å². The summed E-state index contributed by atoms with van der Waals surface area (Å²) in [6.45, 7) is 6.41. The van der Waals surface area contributed by atoms with Crippen LogP contribution in [0.25, 0.3) is 0 Å². The monoisotopic (exact) mass is 438 g/mol. The Hall–Kier alpha value is -2.11. The molecule has 1 unspecified atom stereocenters. The normalized spacial score (nSPS) is 12.0. The molecular weight excluding hydrogens is 414 g/mol. The van der Waals surface area contributed by atoms with Gasteiger partial charge < -0.3 is 10.2 Å². The maximum atomic E-state index is 13.2. The van der Waals surface area contributed by atoms with Crippen LogP contribution in [-0.4, -0.2) is 29.3 Å². The number of halogens is 3. The van der Waals surface area contributed by atoms with Crippen molar-refractivity contribution in [1.82, 2.24) is 10.2 Å². The van der Waals surface area contributed by atoms with Crippen molar-refractivity contribution < 1.29 is 14.0 Å². The molecule has 1 atom stereocenters. The predicted molar refractivity (Wildman–Crippen MR) is 114 cm³/mol. The van der Waals surface area contributed by atoms with Crippen LogP contribution in [-0.2, 0) is 22.6 Å². The molecule has 0 aliphatic heterocycles. The Kier molecular flexibility index (Phi) is 8.47. The highest BCUT2D eigenvalue weighted by Gasteiger charge is 2.26. The number of hydrogen-bond acceptors (Lipinski definition) is 2. The average molecular weight is 439 g/mol. The molecule has 2 rings (SSSR count). The maximum Gasteiger partial charge on any atom is 0.242 e. The standard InChI is InChI=1S/C22H25Cl2FN2O2/c1-14(2)12-26-22(29)15(3)27(13-17-6-9-19(23)20(24)10-17)21(28)11-16-4-7-18(25)8-5-16/h4-10,14-15H,11-13H2,1-3H3,(H,26,29). The van der Waals surface area contributed by atoms with Crippen LogP contribution in [0.5, 0.6) is 0 Å². The first kappa shape index (κ1) is 23.2. The molecule has 0 heterocycles. The molecule has 0 spiro atoms. The Morgan fingerprint density at radius 1 is 1.00 bits per heavy atom. The smallest absolute Gasteiger partial charge is 0.242 e. The van der Waals surface area contributed by atoms with Gasteiger partial charge in [0.15, 0.2) is 0 Å². The van der Waals surface area contributed by atoms with Crippen molar-refractivity contribution in [1.29, 1.82) is 0 Å². The van der Waals surface area contributed by atoms with E-state index in [2.05, 4.69) is 5.32 Å². The fourth-order valence-corrected chi connectivity index (χ4v) is 3.07. The second kappa shape index (κ2) is 10.6.